The van der Waals surface area contributed by atoms with E-state index in [0.29, 0.717) is 0 Å². The summed E-state index contributed by atoms with van der Waals surface area (Å²) in [6.07, 6.45) is 3.77. The van der Waals surface area contributed by atoms with Gasteiger partial charge in [-0.2, -0.15) is 0 Å². The number of hydrogen-bond donors (Lipinski definition) is 2. The van der Waals surface area contributed by atoms with Crippen molar-refractivity contribution in [3.05, 3.63) is 73.1 Å². The number of phenolic OH excluding ortho intramolecular Hbond substituents is 1. The van der Waals surface area contributed by atoms with Gasteiger partial charge in [0.25, 0.3) is 0 Å². The van der Waals surface area contributed by atoms with E-state index in [0.717, 1.165) is 46.4 Å². The Morgan fingerprint density at radius 2 is 1.79 bits per heavy atom. The molecule has 138 valence electrons. The van der Waals surface area contributed by atoms with Crippen molar-refractivity contribution in [2.75, 3.05) is 5.32 Å². The summed E-state index contributed by atoms with van der Waals surface area (Å²) >= 11 is 0. The van der Waals surface area contributed by atoms with Gasteiger partial charge >= 0.3 is 0 Å². The van der Waals surface area contributed by atoms with Gasteiger partial charge in [0, 0.05) is 17.3 Å². The van der Waals surface area contributed by atoms with Crippen LogP contribution < -0.4 is 5.32 Å². The maximum atomic E-state index is 12.0. The molecule has 1 aliphatic rings. The molecule has 2 N–H and O–H groups in total. The van der Waals surface area contributed by atoms with Crippen molar-refractivity contribution in [2.24, 2.45) is 5.92 Å². The van der Waals surface area contributed by atoms with Gasteiger partial charge in [0.2, 0.25) is 5.91 Å². The molecule has 0 spiro atoms. The predicted octanol–water partition coefficient (Wildman–Crippen LogP) is 4.75. The Morgan fingerprint density at radius 1 is 1.00 bits per heavy atom. The number of rotatable bonds is 4. The lowest BCUT2D eigenvalue weighted by atomic mass is 10.1. The monoisotopic (exact) mass is 369 g/mol. The zero-order chi connectivity index (χ0) is 19.1. The number of amides is 1. The van der Waals surface area contributed by atoms with Crippen molar-refractivity contribution in [3.63, 3.8) is 0 Å². The number of nitrogens with one attached hydrogen (secondary N) is 1. The molecule has 28 heavy (non-hydrogen) atoms. The third kappa shape index (κ3) is 3.11. The van der Waals surface area contributed by atoms with E-state index in [1.807, 2.05) is 59.2 Å². The van der Waals surface area contributed by atoms with Crippen LogP contribution in [0.2, 0.25) is 0 Å². The molecule has 1 saturated carbocycles. The minimum atomic E-state index is 0.103. The molecule has 0 unspecified atom stereocenters. The number of benzene rings is 3. The van der Waals surface area contributed by atoms with Crippen molar-refractivity contribution in [1.82, 2.24) is 9.55 Å². The van der Waals surface area contributed by atoms with Crippen molar-refractivity contribution in [3.8, 4) is 22.6 Å². The van der Waals surface area contributed by atoms with Gasteiger partial charge in [0.05, 0.1) is 11.0 Å². The zero-order valence-corrected chi connectivity index (χ0v) is 15.2. The molecule has 0 radical (unpaired) electrons. The summed E-state index contributed by atoms with van der Waals surface area (Å²) in [4.78, 5) is 16.6. The van der Waals surface area contributed by atoms with Gasteiger partial charge < -0.3 is 10.4 Å². The van der Waals surface area contributed by atoms with Crippen LogP contribution in [0.3, 0.4) is 0 Å². The summed E-state index contributed by atoms with van der Waals surface area (Å²) in [5, 5.41) is 12.5. The Bertz CT molecular complexity index is 1170. The summed E-state index contributed by atoms with van der Waals surface area (Å²) in [6.45, 7) is 0. The van der Waals surface area contributed by atoms with Crippen LogP contribution in [0.4, 0.5) is 5.69 Å². The molecule has 1 fully saturated rings. The molecular formula is C23H19N3O2. The number of anilines is 1. The van der Waals surface area contributed by atoms with E-state index in [9.17, 15) is 9.90 Å². The molecule has 0 saturated heterocycles. The number of phenols is 1. The van der Waals surface area contributed by atoms with Crippen molar-refractivity contribution >= 4 is 22.6 Å². The smallest absolute Gasteiger partial charge is 0.227 e. The van der Waals surface area contributed by atoms with Crippen LogP contribution in [0, 0.1) is 5.92 Å². The third-order valence-corrected chi connectivity index (χ3v) is 5.09. The Hall–Kier alpha value is -3.60. The normalized spacial score (nSPS) is 13.6. The van der Waals surface area contributed by atoms with Crippen LogP contribution in [0.1, 0.15) is 12.8 Å². The van der Waals surface area contributed by atoms with Crippen LogP contribution in [0.25, 0.3) is 27.8 Å². The number of nitrogens with zero attached hydrogens (tertiary/aromatic N) is 2. The molecule has 1 heterocycles. The van der Waals surface area contributed by atoms with Gasteiger partial charge in [-0.3, -0.25) is 9.36 Å². The fourth-order valence-corrected chi connectivity index (χ4v) is 3.38. The first-order chi connectivity index (χ1) is 13.7. The number of fused-ring (bicyclic) bond motifs is 1. The summed E-state index contributed by atoms with van der Waals surface area (Å²) in [6, 6.07) is 21.1. The first-order valence-corrected chi connectivity index (χ1v) is 9.35. The first kappa shape index (κ1) is 16.6. The molecule has 1 amide bonds. The third-order valence-electron chi connectivity index (χ3n) is 5.09. The molecule has 5 nitrogen and oxygen atoms in total. The summed E-state index contributed by atoms with van der Waals surface area (Å²) < 4.78 is 2.02. The van der Waals surface area contributed by atoms with E-state index in [1.165, 1.54) is 0 Å². The Balaban J connectivity index is 1.48. The molecule has 0 aliphatic heterocycles. The molecule has 4 aromatic rings. The molecular weight excluding hydrogens is 350 g/mol. The molecule has 0 bridgehead atoms. The second kappa shape index (κ2) is 6.53. The highest BCUT2D eigenvalue weighted by Gasteiger charge is 2.29. The maximum absolute atomic E-state index is 12.0. The Morgan fingerprint density at radius 3 is 2.57 bits per heavy atom. The molecule has 5 heteroatoms. The quantitative estimate of drug-likeness (QED) is 0.546. The first-order valence-electron chi connectivity index (χ1n) is 9.35. The second-order valence-corrected chi connectivity index (χ2v) is 7.18. The summed E-state index contributed by atoms with van der Waals surface area (Å²) in [7, 11) is 0. The van der Waals surface area contributed by atoms with Gasteiger partial charge in [-0.1, -0.05) is 24.3 Å². The van der Waals surface area contributed by atoms with E-state index >= 15 is 0 Å². The lowest BCUT2D eigenvalue weighted by molar-refractivity contribution is -0.117. The van der Waals surface area contributed by atoms with Crippen LogP contribution in [0.5, 0.6) is 5.75 Å². The maximum Gasteiger partial charge on any atom is 0.227 e. The molecule has 0 atom stereocenters. The van der Waals surface area contributed by atoms with Crippen molar-refractivity contribution in [1.29, 1.82) is 0 Å². The number of aromatic nitrogens is 2. The van der Waals surface area contributed by atoms with E-state index in [2.05, 4.69) is 10.3 Å². The van der Waals surface area contributed by atoms with Gasteiger partial charge in [-0.25, -0.2) is 4.98 Å². The SMILES string of the molecule is O=C(Nc1cccc(-n2cnc3cc(-c4ccc(O)cc4)ccc32)c1)C1CC1. The average molecular weight is 369 g/mol. The molecule has 1 aromatic heterocycles. The zero-order valence-electron chi connectivity index (χ0n) is 15.2. The van der Waals surface area contributed by atoms with Gasteiger partial charge in [-0.15, -0.1) is 0 Å². The predicted molar refractivity (Wildman–Crippen MR) is 110 cm³/mol. The number of aromatic hydroxyl groups is 1. The average Bonchev–Trinajstić information content (AvgIpc) is 3.48. The number of carbonyl (C=O) groups is 1. The van der Waals surface area contributed by atoms with Gasteiger partial charge in [-0.05, 0) is 66.4 Å². The molecule has 3 aromatic carbocycles. The van der Waals surface area contributed by atoms with E-state index in [1.54, 1.807) is 18.5 Å². The fourth-order valence-electron chi connectivity index (χ4n) is 3.38. The highest BCUT2D eigenvalue weighted by molar-refractivity contribution is 5.94. The Labute approximate surface area is 162 Å². The molecule has 1 aliphatic carbocycles. The summed E-state index contributed by atoms with van der Waals surface area (Å²) in [5.41, 5.74) is 5.71. The highest BCUT2D eigenvalue weighted by Crippen LogP contribution is 2.31. The van der Waals surface area contributed by atoms with E-state index < -0.39 is 0 Å². The topological polar surface area (TPSA) is 67.2 Å². The van der Waals surface area contributed by atoms with Crippen LogP contribution in [-0.4, -0.2) is 20.6 Å². The lowest BCUT2D eigenvalue weighted by Crippen LogP contribution is -2.13. The van der Waals surface area contributed by atoms with E-state index in [-0.39, 0.29) is 17.6 Å². The minimum Gasteiger partial charge on any atom is -0.508 e. The fraction of sp³-hybridized carbons (Fsp3) is 0.130. The van der Waals surface area contributed by atoms with Crippen LogP contribution in [-0.2, 0) is 4.79 Å². The minimum absolute atomic E-state index is 0.103. The van der Waals surface area contributed by atoms with E-state index in [4.69, 9.17) is 0 Å². The number of hydrogen-bond acceptors (Lipinski definition) is 3. The summed E-state index contributed by atoms with van der Waals surface area (Å²) in [5.74, 6) is 0.532. The Kier molecular flexibility index (Phi) is 3.86. The second-order valence-electron chi connectivity index (χ2n) is 7.18. The highest BCUT2D eigenvalue weighted by atomic mass is 16.3. The number of carbonyl (C=O) groups excluding carboxylic acids is 1. The number of imidazole rings is 1. The van der Waals surface area contributed by atoms with Crippen LogP contribution >= 0.6 is 0 Å². The van der Waals surface area contributed by atoms with Crippen LogP contribution in [0.15, 0.2) is 73.1 Å². The van der Waals surface area contributed by atoms with Crippen molar-refractivity contribution in [2.45, 2.75) is 12.8 Å². The largest absolute Gasteiger partial charge is 0.508 e. The van der Waals surface area contributed by atoms with Crippen molar-refractivity contribution < 1.29 is 9.90 Å². The lowest BCUT2D eigenvalue weighted by Gasteiger charge is -2.09. The van der Waals surface area contributed by atoms with Gasteiger partial charge in [0.15, 0.2) is 0 Å². The molecule has 5 rings (SSSR count). The standard InChI is InChI=1S/C23H19N3O2/c27-20-9-6-15(7-10-20)17-8-11-22-21(12-17)24-14-26(22)19-3-1-2-18(13-19)25-23(28)16-4-5-16/h1-3,6-14,16,27H,4-5H2,(H,25,28). The van der Waals surface area contributed by atoms with Gasteiger partial charge in [0.1, 0.15) is 12.1 Å².